The smallest absolute Gasteiger partial charge is 0.365 e. The van der Waals surface area contributed by atoms with Gasteiger partial charge in [-0.25, -0.2) is 4.79 Å². The number of carbonyl (C=O) groups is 1. The lowest BCUT2D eigenvalue weighted by Crippen LogP contribution is -2.21. The van der Waals surface area contributed by atoms with E-state index in [1.807, 2.05) is 18.2 Å². The number of hydrogen-bond acceptors (Lipinski definition) is 5. The number of aromatic nitrogens is 3. The Balaban J connectivity index is 1.68. The zero-order valence-corrected chi connectivity index (χ0v) is 13.5. The Labute approximate surface area is 139 Å². The van der Waals surface area contributed by atoms with Crippen molar-refractivity contribution in [3.05, 3.63) is 54.1 Å². The summed E-state index contributed by atoms with van der Waals surface area (Å²) in [7, 11) is 0. The molecule has 0 N–H and O–H groups in total. The quantitative estimate of drug-likeness (QED) is 0.493. The van der Waals surface area contributed by atoms with Gasteiger partial charge in [-0.05, 0) is 42.0 Å². The third-order valence-corrected chi connectivity index (χ3v) is 3.58. The predicted molar refractivity (Wildman–Crippen MR) is 89.9 cm³/mol. The van der Waals surface area contributed by atoms with Gasteiger partial charge in [0.15, 0.2) is 0 Å². The molecule has 0 aliphatic heterocycles. The van der Waals surface area contributed by atoms with E-state index in [0.29, 0.717) is 29.0 Å². The van der Waals surface area contributed by atoms with E-state index < -0.39 is 5.97 Å². The molecule has 0 radical (unpaired) electrons. The van der Waals surface area contributed by atoms with Gasteiger partial charge in [-0.3, -0.25) is 0 Å². The van der Waals surface area contributed by atoms with Crippen LogP contribution in [0.15, 0.2) is 48.5 Å². The second kappa shape index (κ2) is 7.59. The van der Waals surface area contributed by atoms with Crippen LogP contribution in [0.2, 0.25) is 0 Å². The zero-order chi connectivity index (χ0) is 16.8. The van der Waals surface area contributed by atoms with Gasteiger partial charge in [-0.2, -0.15) is 0 Å². The zero-order valence-electron chi connectivity index (χ0n) is 13.5. The van der Waals surface area contributed by atoms with Crippen molar-refractivity contribution >= 4 is 17.0 Å². The number of nitrogens with zero attached hydrogens (tertiary/aromatic N) is 3. The fraction of sp³-hybridized carbons (Fsp3) is 0.278. The van der Waals surface area contributed by atoms with Crippen LogP contribution in [0.5, 0.6) is 5.75 Å². The molecular formula is C18H19N3O3. The molecule has 0 saturated heterocycles. The second-order valence-electron chi connectivity index (χ2n) is 5.41. The fourth-order valence-corrected chi connectivity index (χ4v) is 2.30. The molecule has 0 atom stereocenters. The Morgan fingerprint density at radius 2 is 2.00 bits per heavy atom. The number of benzene rings is 2. The van der Waals surface area contributed by atoms with Gasteiger partial charge in [0, 0.05) is 0 Å². The standard InChI is InChI=1S/C18H19N3O3/c1-2-3-6-12-23-15-9-7-8-14(13-15)18(22)24-21-17-11-5-4-10-16(17)19-20-21/h4-5,7-11,13H,2-3,6,12H2,1H3. The van der Waals surface area contributed by atoms with E-state index in [2.05, 4.69) is 17.2 Å². The molecule has 0 aliphatic rings. The van der Waals surface area contributed by atoms with Crippen molar-refractivity contribution in [3.8, 4) is 5.75 Å². The minimum absolute atomic E-state index is 0.405. The molecule has 3 aromatic rings. The van der Waals surface area contributed by atoms with Crippen LogP contribution in [0.25, 0.3) is 11.0 Å². The monoisotopic (exact) mass is 325 g/mol. The SMILES string of the molecule is CCCCCOc1cccc(C(=O)On2nnc3ccccc32)c1. The van der Waals surface area contributed by atoms with Gasteiger partial charge in [0.25, 0.3) is 0 Å². The Morgan fingerprint density at radius 1 is 1.12 bits per heavy atom. The molecule has 2 aromatic carbocycles. The maximum atomic E-state index is 12.3. The average Bonchev–Trinajstić information content (AvgIpc) is 3.02. The van der Waals surface area contributed by atoms with Crippen molar-refractivity contribution in [2.45, 2.75) is 26.2 Å². The second-order valence-corrected chi connectivity index (χ2v) is 5.41. The molecule has 6 heteroatoms. The first-order chi connectivity index (χ1) is 11.8. The Morgan fingerprint density at radius 3 is 2.88 bits per heavy atom. The highest BCUT2D eigenvalue weighted by Crippen LogP contribution is 2.15. The maximum Gasteiger partial charge on any atom is 0.365 e. The van der Waals surface area contributed by atoms with Crippen LogP contribution in [0.3, 0.4) is 0 Å². The molecule has 124 valence electrons. The van der Waals surface area contributed by atoms with E-state index in [9.17, 15) is 4.79 Å². The molecule has 1 heterocycles. The average molecular weight is 325 g/mol. The van der Waals surface area contributed by atoms with Crippen LogP contribution >= 0.6 is 0 Å². The molecule has 1 aromatic heterocycles. The van der Waals surface area contributed by atoms with Crippen LogP contribution in [0, 0.1) is 0 Å². The van der Waals surface area contributed by atoms with E-state index >= 15 is 0 Å². The molecule has 0 amide bonds. The molecule has 0 aliphatic carbocycles. The first-order valence-electron chi connectivity index (χ1n) is 8.04. The minimum Gasteiger partial charge on any atom is -0.494 e. The van der Waals surface area contributed by atoms with Crippen LogP contribution in [0.1, 0.15) is 36.5 Å². The number of fused-ring (bicyclic) bond motifs is 1. The van der Waals surface area contributed by atoms with Crippen molar-refractivity contribution in [1.82, 2.24) is 15.2 Å². The highest BCUT2D eigenvalue weighted by Gasteiger charge is 2.13. The summed E-state index contributed by atoms with van der Waals surface area (Å²) in [5, 5.41) is 7.80. The number of rotatable bonds is 7. The Kier molecular flexibility index (Phi) is 5.05. The van der Waals surface area contributed by atoms with Crippen LogP contribution in [0.4, 0.5) is 0 Å². The van der Waals surface area contributed by atoms with Crippen molar-refractivity contribution in [2.75, 3.05) is 6.61 Å². The van der Waals surface area contributed by atoms with Gasteiger partial charge in [0.1, 0.15) is 16.8 Å². The van der Waals surface area contributed by atoms with E-state index in [1.54, 1.807) is 30.3 Å². The number of carbonyl (C=O) groups excluding carboxylic acids is 1. The summed E-state index contributed by atoms with van der Waals surface area (Å²) in [6.07, 6.45) is 3.26. The van der Waals surface area contributed by atoms with Gasteiger partial charge >= 0.3 is 5.97 Å². The van der Waals surface area contributed by atoms with Crippen molar-refractivity contribution in [3.63, 3.8) is 0 Å². The van der Waals surface area contributed by atoms with Crippen molar-refractivity contribution < 1.29 is 14.4 Å². The number of hydrogen-bond donors (Lipinski definition) is 0. The summed E-state index contributed by atoms with van der Waals surface area (Å²) < 4.78 is 5.66. The number of ether oxygens (including phenoxy) is 1. The summed E-state index contributed by atoms with van der Waals surface area (Å²) in [5.41, 5.74) is 1.71. The summed E-state index contributed by atoms with van der Waals surface area (Å²) in [6, 6.07) is 14.2. The maximum absolute atomic E-state index is 12.3. The molecule has 0 unspecified atom stereocenters. The van der Waals surface area contributed by atoms with Crippen molar-refractivity contribution in [2.24, 2.45) is 0 Å². The Bertz CT molecular complexity index is 829. The number of unbranched alkanes of at least 4 members (excludes halogenated alkanes) is 2. The molecule has 24 heavy (non-hydrogen) atoms. The molecular weight excluding hydrogens is 306 g/mol. The van der Waals surface area contributed by atoms with Gasteiger partial charge in [-0.1, -0.05) is 42.8 Å². The molecule has 0 saturated carbocycles. The van der Waals surface area contributed by atoms with Crippen LogP contribution in [-0.4, -0.2) is 27.7 Å². The predicted octanol–water partition coefficient (Wildman–Crippen LogP) is 3.27. The first kappa shape index (κ1) is 16.0. The number of para-hydroxylation sites is 1. The Hall–Kier alpha value is -2.89. The third kappa shape index (κ3) is 3.71. The van der Waals surface area contributed by atoms with Gasteiger partial charge in [0.05, 0.1) is 12.2 Å². The van der Waals surface area contributed by atoms with Gasteiger partial charge < -0.3 is 9.57 Å². The third-order valence-electron chi connectivity index (χ3n) is 3.58. The van der Waals surface area contributed by atoms with E-state index in [1.165, 1.54) is 0 Å². The minimum atomic E-state index is -0.510. The van der Waals surface area contributed by atoms with Gasteiger partial charge in [-0.15, -0.1) is 5.10 Å². The first-order valence-corrected chi connectivity index (χ1v) is 8.04. The summed E-state index contributed by atoms with van der Waals surface area (Å²) in [5.74, 6) is 0.147. The molecule has 0 fully saturated rings. The van der Waals surface area contributed by atoms with Crippen LogP contribution < -0.4 is 9.57 Å². The molecule has 6 nitrogen and oxygen atoms in total. The molecule has 0 bridgehead atoms. The van der Waals surface area contributed by atoms with Crippen molar-refractivity contribution in [1.29, 1.82) is 0 Å². The summed E-state index contributed by atoms with van der Waals surface area (Å²) in [4.78, 5) is 18.7. The van der Waals surface area contributed by atoms with Crippen LogP contribution in [-0.2, 0) is 0 Å². The topological polar surface area (TPSA) is 66.2 Å². The fourth-order valence-electron chi connectivity index (χ4n) is 2.30. The highest BCUT2D eigenvalue weighted by atomic mass is 16.7. The molecule has 0 spiro atoms. The van der Waals surface area contributed by atoms with Gasteiger partial charge in [0.2, 0.25) is 0 Å². The molecule has 3 rings (SSSR count). The summed E-state index contributed by atoms with van der Waals surface area (Å²) >= 11 is 0. The highest BCUT2D eigenvalue weighted by molar-refractivity contribution is 5.90. The summed E-state index contributed by atoms with van der Waals surface area (Å²) in [6.45, 7) is 2.78. The normalized spacial score (nSPS) is 10.7. The van der Waals surface area contributed by atoms with E-state index in [0.717, 1.165) is 24.1 Å². The lowest BCUT2D eigenvalue weighted by molar-refractivity contribution is 0.0408. The lowest BCUT2D eigenvalue weighted by atomic mass is 10.2. The lowest BCUT2D eigenvalue weighted by Gasteiger charge is -2.07. The van der Waals surface area contributed by atoms with E-state index in [-0.39, 0.29) is 0 Å². The largest absolute Gasteiger partial charge is 0.494 e. The van der Waals surface area contributed by atoms with E-state index in [4.69, 9.17) is 9.57 Å².